The Hall–Kier alpha value is -3.13. The summed E-state index contributed by atoms with van der Waals surface area (Å²) in [5, 5.41) is 2.72. The second kappa shape index (κ2) is 12.4. The van der Waals surface area contributed by atoms with Crippen molar-refractivity contribution >= 4 is 29.8 Å². The van der Waals surface area contributed by atoms with Gasteiger partial charge in [-0.3, -0.25) is 14.4 Å². The minimum absolute atomic E-state index is 0.0700. The summed E-state index contributed by atoms with van der Waals surface area (Å²) in [7, 11) is 2.56. The molecule has 2 aromatic rings. The van der Waals surface area contributed by atoms with E-state index in [1.54, 1.807) is 22.6 Å². The third-order valence-corrected chi connectivity index (χ3v) is 6.69. The molecule has 0 aromatic heterocycles. The zero-order chi connectivity index (χ0) is 24.4. The predicted molar refractivity (Wildman–Crippen MR) is 134 cm³/mol. The Balaban J connectivity index is 2.06. The smallest absolute Gasteiger partial charge is 0.325 e. The average molecular weight is 480 g/mol. The molecular formula is C27H29NO5S. The standard InChI is InChI=1S/C27H29NO5S/c1-4-5-18-34-24-27(25(29)31-2,26(30)32-3)19-23(17-16-21-12-8-6-9-13-21)33-28(24)20-22-14-10-7-11-15-22/h4-18,23-24H,1,19-20H2,2-3H3/b17-16+,18-5-. The van der Waals surface area contributed by atoms with Crippen LogP contribution in [0.2, 0.25) is 0 Å². The number of rotatable bonds is 9. The van der Waals surface area contributed by atoms with E-state index in [2.05, 4.69) is 6.58 Å². The minimum atomic E-state index is -1.61. The zero-order valence-corrected chi connectivity index (χ0v) is 20.1. The van der Waals surface area contributed by atoms with E-state index >= 15 is 0 Å². The van der Waals surface area contributed by atoms with Gasteiger partial charge >= 0.3 is 11.9 Å². The molecular weight excluding hydrogens is 450 g/mol. The Bertz CT molecular complexity index is 1010. The SMILES string of the molecule is C=C/C=C\SC1N(Cc2ccccc2)OC(/C=C/c2ccccc2)CC1(C(=O)OC)C(=O)OC. The van der Waals surface area contributed by atoms with Gasteiger partial charge in [-0.1, -0.05) is 91.5 Å². The molecule has 0 spiro atoms. The van der Waals surface area contributed by atoms with Crippen LogP contribution in [-0.4, -0.2) is 42.7 Å². The van der Waals surface area contributed by atoms with Crippen LogP contribution >= 0.6 is 11.8 Å². The molecule has 1 heterocycles. The van der Waals surface area contributed by atoms with Crippen LogP contribution in [0.3, 0.4) is 0 Å². The molecule has 0 aliphatic carbocycles. The van der Waals surface area contributed by atoms with Crippen molar-refractivity contribution in [2.45, 2.75) is 24.4 Å². The average Bonchev–Trinajstić information content (AvgIpc) is 2.88. The lowest BCUT2D eigenvalue weighted by Gasteiger charge is -2.46. The summed E-state index contributed by atoms with van der Waals surface area (Å²) in [6.45, 7) is 4.05. The first-order chi connectivity index (χ1) is 16.5. The molecule has 6 nitrogen and oxygen atoms in total. The molecule has 1 aliphatic heterocycles. The first-order valence-corrected chi connectivity index (χ1v) is 11.8. The first kappa shape index (κ1) is 25.5. The summed E-state index contributed by atoms with van der Waals surface area (Å²) in [6, 6.07) is 19.5. The molecule has 1 saturated heterocycles. The molecule has 178 valence electrons. The van der Waals surface area contributed by atoms with Crippen LogP contribution in [0.15, 0.2) is 90.9 Å². The number of benzene rings is 2. The van der Waals surface area contributed by atoms with Crippen LogP contribution in [0, 0.1) is 5.41 Å². The molecule has 34 heavy (non-hydrogen) atoms. The van der Waals surface area contributed by atoms with E-state index in [-0.39, 0.29) is 6.42 Å². The van der Waals surface area contributed by atoms with Gasteiger partial charge in [-0.05, 0) is 16.5 Å². The predicted octanol–water partition coefficient (Wildman–Crippen LogP) is 5.00. The van der Waals surface area contributed by atoms with Gasteiger partial charge in [-0.2, -0.15) is 5.06 Å². The van der Waals surface area contributed by atoms with Crippen molar-refractivity contribution in [3.63, 3.8) is 0 Å². The normalized spacial score (nSPS) is 20.3. The molecule has 7 heteroatoms. The largest absolute Gasteiger partial charge is 0.468 e. The number of thioether (sulfide) groups is 1. The Morgan fingerprint density at radius 3 is 2.29 bits per heavy atom. The van der Waals surface area contributed by atoms with Crippen molar-refractivity contribution in [2.24, 2.45) is 5.41 Å². The van der Waals surface area contributed by atoms with E-state index in [4.69, 9.17) is 14.3 Å². The monoisotopic (exact) mass is 479 g/mol. The van der Waals surface area contributed by atoms with Gasteiger partial charge in [-0.25, -0.2) is 0 Å². The van der Waals surface area contributed by atoms with Crippen molar-refractivity contribution in [1.29, 1.82) is 0 Å². The van der Waals surface area contributed by atoms with Gasteiger partial charge < -0.3 is 9.47 Å². The fourth-order valence-corrected chi connectivity index (χ4v) is 5.01. The first-order valence-electron chi connectivity index (χ1n) is 10.9. The molecule has 0 N–H and O–H groups in total. The van der Waals surface area contributed by atoms with Gasteiger partial charge in [0.05, 0.1) is 26.9 Å². The maximum Gasteiger partial charge on any atom is 0.325 e. The number of ether oxygens (including phenoxy) is 2. The van der Waals surface area contributed by atoms with Gasteiger partial charge in [0, 0.05) is 6.42 Å². The summed E-state index contributed by atoms with van der Waals surface area (Å²) in [6.07, 6.45) is 6.64. The second-order valence-corrected chi connectivity index (χ2v) is 8.68. The van der Waals surface area contributed by atoms with E-state index in [0.29, 0.717) is 6.54 Å². The molecule has 0 bridgehead atoms. The lowest BCUT2D eigenvalue weighted by molar-refractivity contribution is -0.259. The van der Waals surface area contributed by atoms with Crippen LogP contribution in [0.4, 0.5) is 0 Å². The summed E-state index contributed by atoms with van der Waals surface area (Å²) < 4.78 is 10.3. The van der Waals surface area contributed by atoms with E-state index in [1.165, 1.54) is 26.0 Å². The quantitative estimate of drug-likeness (QED) is 0.285. The number of hydrogen-bond acceptors (Lipinski definition) is 7. The fraction of sp³-hybridized carbons (Fsp3) is 0.259. The van der Waals surface area contributed by atoms with Crippen molar-refractivity contribution in [1.82, 2.24) is 5.06 Å². The van der Waals surface area contributed by atoms with Crippen LogP contribution in [0.1, 0.15) is 17.5 Å². The Morgan fingerprint density at radius 1 is 1.09 bits per heavy atom. The van der Waals surface area contributed by atoms with Crippen molar-refractivity contribution in [2.75, 3.05) is 14.2 Å². The van der Waals surface area contributed by atoms with Crippen LogP contribution in [-0.2, 0) is 30.4 Å². The Kier molecular flexibility index (Phi) is 9.27. The van der Waals surface area contributed by atoms with E-state index in [9.17, 15) is 9.59 Å². The van der Waals surface area contributed by atoms with Crippen LogP contribution in [0.5, 0.6) is 0 Å². The molecule has 0 amide bonds. The number of nitrogens with zero attached hydrogens (tertiary/aromatic N) is 1. The minimum Gasteiger partial charge on any atom is -0.468 e. The number of hydroxylamine groups is 2. The number of allylic oxidation sites excluding steroid dienone is 2. The molecule has 2 unspecified atom stereocenters. The number of carbonyl (C=O) groups excluding carboxylic acids is 2. The Labute approximate surface area is 204 Å². The highest BCUT2D eigenvalue weighted by Crippen LogP contribution is 2.46. The summed E-state index contributed by atoms with van der Waals surface area (Å²) in [5.74, 6) is -1.33. The van der Waals surface area contributed by atoms with E-state index < -0.39 is 28.8 Å². The second-order valence-electron chi connectivity index (χ2n) is 7.69. The highest BCUT2D eigenvalue weighted by Gasteiger charge is 2.61. The molecule has 0 saturated carbocycles. The lowest BCUT2D eigenvalue weighted by atomic mass is 9.80. The zero-order valence-electron chi connectivity index (χ0n) is 19.3. The lowest BCUT2D eigenvalue weighted by Crippen LogP contribution is -2.61. The number of esters is 2. The number of methoxy groups -OCH3 is 2. The highest BCUT2D eigenvalue weighted by atomic mass is 32.2. The Morgan fingerprint density at radius 2 is 1.71 bits per heavy atom. The fourth-order valence-electron chi connectivity index (χ4n) is 3.87. The molecule has 2 atom stereocenters. The third kappa shape index (κ3) is 5.86. The third-order valence-electron chi connectivity index (χ3n) is 5.48. The molecule has 1 aliphatic rings. The molecule has 0 radical (unpaired) electrons. The number of carbonyl (C=O) groups is 2. The van der Waals surface area contributed by atoms with Crippen LogP contribution < -0.4 is 0 Å². The summed E-state index contributed by atoms with van der Waals surface area (Å²) in [4.78, 5) is 32.9. The molecule has 3 rings (SSSR count). The molecule has 1 fully saturated rings. The summed E-state index contributed by atoms with van der Waals surface area (Å²) >= 11 is 1.28. The maximum atomic E-state index is 13.3. The number of hydrogen-bond donors (Lipinski definition) is 0. The van der Waals surface area contributed by atoms with Gasteiger partial charge in [-0.15, -0.1) is 11.8 Å². The topological polar surface area (TPSA) is 65.1 Å². The van der Waals surface area contributed by atoms with Crippen molar-refractivity contribution in [3.05, 3.63) is 102 Å². The van der Waals surface area contributed by atoms with Crippen molar-refractivity contribution in [3.8, 4) is 0 Å². The highest BCUT2D eigenvalue weighted by molar-refractivity contribution is 8.02. The van der Waals surface area contributed by atoms with Crippen LogP contribution in [0.25, 0.3) is 6.08 Å². The van der Waals surface area contributed by atoms with Crippen molar-refractivity contribution < 1.29 is 23.9 Å². The van der Waals surface area contributed by atoms with Gasteiger partial charge in [0.25, 0.3) is 0 Å². The maximum absolute atomic E-state index is 13.3. The summed E-state index contributed by atoms with van der Waals surface area (Å²) in [5.41, 5.74) is 0.336. The van der Waals surface area contributed by atoms with E-state index in [1.807, 2.05) is 72.8 Å². The molecule has 2 aromatic carbocycles. The van der Waals surface area contributed by atoms with Gasteiger partial charge in [0.2, 0.25) is 0 Å². The van der Waals surface area contributed by atoms with Gasteiger partial charge in [0.15, 0.2) is 5.41 Å². The van der Waals surface area contributed by atoms with E-state index in [0.717, 1.165) is 11.1 Å². The van der Waals surface area contributed by atoms with Gasteiger partial charge in [0.1, 0.15) is 5.37 Å².